The first-order chi connectivity index (χ1) is 14.3. The van der Waals surface area contributed by atoms with E-state index in [1.807, 2.05) is 36.1 Å². The summed E-state index contributed by atoms with van der Waals surface area (Å²) in [6, 6.07) is 7.77. The van der Waals surface area contributed by atoms with Crippen LogP contribution in [-0.4, -0.2) is 40.8 Å². The van der Waals surface area contributed by atoms with Crippen LogP contribution in [-0.2, 0) is 16.0 Å². The first-order valence-electron chi connectivity index (χ1n) is 10.5. The van der Waals surface area contributed by atoms with Crippen LogP contribution in [0.25, 0.3) is 0 Å². The molecule has 7 nitrogen and oxygen atoms in total. The molecule has 1 aromatic carbocycles. The molecule has 0 saturated carbocycles. The van der Waals surface area contributed by atoms with Crippen molar-refractivity contribution in [3.05, 3.63) is 53.8 Å². The molecule has 3 N–H and O–H groups in total. The van der Waals surface area contributed by atoms with Gasteiger partial charge in [-0.05, 0) is 30.9 Å². The summed E-state index contributed by atoms with van der Waals surface area (Å²) in [5.41, 5.74) is 4.57. The van der Waals surface area contributed by atoms with Crippen molar-refractivity contribution in [2.75, 3.05) is 23.3 Å². The maximum Gasteiger partial charge on any atom is 0.239 e. The Morgan fingerprint density at radius 1 is 1.30 bits per heavy atom. The third-order valence-electron chi connectivity index (χ3n) is 5.89. The number of allylic oxidation sites excluding steroid dienone is 1. The van der Waals surface area contributed by atoms with E-state index in [0.717, 1.165) is 34.8 Å². The van der Waals surface area contributed by atoms with Gasteiger partial charge in [0.15, 0.2) is 5.78 Å². The van der Waals surface area contributed by atoms with Gasteiger partial charge in [0.25, 0.3) is 0 Å². The minimum atomic E-state index is -0.182. The number of aromatic amines is 1. The summed E-state index contributed by atoms with van der Waals surface area (Å²) in [6.45, 7) is 7.00. The minimum absolute atomic E-state index is 0.0659. The Morgan fingerprint density at radius 3 is 2.87 bits per heavy atom. The summed E-state index contributed by atoms with van der Waals surface area (Å²) in [6.07, 6.45) is 5.43. The monoisotopic (exact) mass is 407 g/mol. The lowest BCUT2D eigenvalue weighted by Gasteiger charge is -2.36. The average molecular weight is 408 g/mol. The lowest BCUT2D eigenvalue weighted by molar-refractivity contribution is -0.120. The number of para-hydroxylation sites is 2. The quantitative estimate of drug-likeness (QED) is 0.709. The van der Waals surface area contributed by atoms with Crippen LogP contribution < -0.4 is 15.5 Å². The van der Waals surface area contributed by atoms with E-state index in [-0.39, 0.29) is 29.7 Å². The van der Waals surface area contributed by atoms with Crippen molar-refractivity contribution in [1.29, 1.82) is 0 Å². The highest BCUT2D eigenvalue weighted by atomic mass is 16.2. The molecule has 2 aromatic rings. The van der Waals surface area contributed by atoms with Gasteiger partial charge in [-0.1, -0.05) is 26.0 Å². The Kier molecular flexibility index (Phi) is 5.37. The number of anilines is 2. The van der Waals surface area contributed by atoms with Gasteiger partial charge >= 0.3 is 0 Å². The number of nitrogens with one attached hydrogen (secondary N) is 3. The molecule has 1 amide bonds. The molecule has 2 aliphatic rings. The summed E-state index contributed by atoms with van der Waals surface area (Å²) < 4.78 is 0. The summed E-state index contributed by atoms with van der Waals surface area (Å²) in [5.74, 6) is 0.0996. The molecule has 30 heavy (non-hydrogen) atoms. The molecule has 1 aliphatic carbocycles. The number of carbonyl (C=O) groups excluding carboxylic acids is 2. The largest absolute Gasteiger partial charge is 0.357 e. The van der Waals surface area contributed by atoms with Crippen molar-refractivity contribution >= 4 is 23.1 Å². The molecule has 158 valence electrons. The number of fused-ring (bicyclic) bond motifs is 1. The van der Waals surface area contributed by atoms with Gasteiger partial charge in [0.1, 0.15) is 0 Å². The summed E-state index contributed by atoms with van der Waals surface area (Å²) in [4.78, 5) is 34.9. The van der Waals surface area contributed by atoms with E-state index >= 15 is 0 Å². The maximum absolute atomic E-state index is 13.1. The van der Waals surface area contributed by atoms with Crippen molar-refractivity contribution < 1.29 is 9.59 Å². The lowest BCUT2D eigenvalue weighted by atomic mass is 9.74. The third kappa shape index (κ3) is 4.10. The molecule has 1 atom stereocenters. The number of hydrogen-bond acceptors (Lipinski definition) is 5. The van der Waals surface area contributed by atoms with Crippen molar-refractivity contribution in [2.24, 2.45) is 5.41 Å². The summed E-state index contributed by atoms with van der Waals surface area (Å²) in [7, 11) is 0. The highest BCUT2D eigenvalue weighted by Gasteiger charge is 2.39. The number of rotatable bonds is 5. The van der Waals surface area contributed by atoms with Crippen LogP contribution in [0.4, 0.5) is 11.4 Å². The Morgan fingerprint density at radius 2 is 2.10 bits per heavy atom. The van der Waals surface area contributed by atoms with E-state index in [9.17, 15) is 9.59 Å². The van der Waals surface area contributed by atoms with E-state index in [4.69, 9.17) is 0 Å². The second-order valence-electron chi connectivity index (χ2n) is 8.96. The second kappa shape index (κ2) is 7.97. The number of carbonyl (C=O) groups is 2. The van der Waals surface area contributed by atoms with Gasteiger partial charge in [0.05, 0.1) is 30.3 Å². The number of benzene rings is 1. The maximum atomic E-state index is 13.1. The highest BCUT2D eigenvalue weighted by molar-refractivity contribution is 6.01. The molecule has 0 unspecified atom stereocenters. The molecule has 0 bridgehead atoms. The highest BCUT2D eigenvalue weighted by Crippen LogP contribution is 2.43. The number of ketones is 1. The van der Waals surface area contributed by atoms with E-state index < -0.39 is 0 Å². The molecule has 0 spiro atoms. The molecule has 4 rings (SSSR count). The lowest BCUT2D eigenvalue weighted by Crippen LogP contribution is -2.45. The normalized spacial score (nSPS) is 20.2. The fourth-order valence-corrected chi connectivity index (χ4v) is 4.48. The topological polar surface area (TPSA) is 90.1 Å². The van der Waals surface area contributed by atoms with Crippen LogP contribution in [0.15, 0.2) is 48.1 Å². The van der Waals surface area contributed by atoms with Gasteiger partial charge in [-0.25, -0.2) is 4.98 Å². The van der Waals surface area contributed by atoms with E-state index in [1.165, 1.54) is 0 Å². The van der Waals surface area contributed by atoms with Gasteiger partial charge < -0.3 is 20.5 Å². The number of hydrogen-bond donors (Lipinski definition) is 3. The Balaban J connectivity index is 1.56. The number of imidazole rings is 1. The minimum Gasteiger partial charge on any atom is -0.357 e. The summed E-state index contributed by atoms with van der Waals surface area (Å²) in [5, 5.41) is 6.50. The molecule has 0 fully saturated rings. The number of aromatic nitrogens is 2. The fraction of sp³-hybridized carbons (Fsp3) is 0.435. The van der Waals surface area contributed by atoms with Gasteiger partial charge in [-0.2, -0.15) is 0 Å². The molecular weight excluding hydrogens is 378 g/mol. The van der Waals surface area contributed by atoms with Crippen LogP contribution in [0.2, 0.25) is 0 Å². The Hall–Kier alpha value is -3.09. The zero-order chi connectivity index (χ0) is 21.3. The Labute approximate surface area is 177 Å². The molecule has 1 aliphatic heterocycles. The van der Waals surface area contributed by atoms with E-state index in [2.05, 4.69) is 34.4 Å². The number of H-pyrrole nitrogens is 1. The van der Waals surface area contributed by atoms with Crippen LogP contribution in [0.3, 0.4) is 0 Å². The first kappa shape index (κ1) is 20.2. The van der Waals surface area contributed by atoms with Gasteiger partial charge in [0.2, 0.25) is 5.91 Å². The number of amides is 1. The van der Waals surface area contributed by atoms with Gasteiger partial charge in [-0.15, -0.1) is 0 Å². The predicted molar refractivity (Wildman–Crippen MR) is 117 cm³/mol. The molecule has 1 aromatic heterocycles. The first-order valence-corrected chi connectivity index (χ1v) is 10.5. The Bertz CT molecular complexity index is 977. The van der Waals surface area contributed by atoms with Crippen LogP contribution in [0.1, 0.15) is 39.3 Å². The van der Waals surface area contributed by atoms with Gasteiger partial charge in [-0.3, -0.25) is 9.59 Å². The molecule has 2 heterocycles. The molecule has 0 saturated heterocycles. The molecule has 0 radical (unpaired) electrons. The smallest absolute Gasteiger partial charge is 0.239 e. The average Bonchev–Trinajstić information content (AvgIpc) is 3.15. The number of Topliss-reactive ketones (excluding diaryl/α,β-unsaturated/α-hetero) is 1. The second-order valence-corrected chi connectivity index (χ2v) is 8.96. The standard InChI is InChI=1S/C23H29N5O2/c1-15-22-18(10-23(2,3)11-20(22)29)27-17-6-4-5-7-19(17)28(15)13-21(30)25-9-8-16-12-24-14-26-16/h4-7,12,14-15,27H,8-11,13H2,1-3H3,(H,24,26)(H,25,30)/t15-/m0/s1. The molecule has 7 heteroatoms. The third-order valence-corrected chi connectivity index (χ3v) is 5.89. The van der Waals surface area contributed by atoms with E-state index in [0.29, 0.717) is 19.4 Å². The van der Waals surface area contributed by atoms with E-state index in [1.54, 1.807) is 12.5 Å². The predicted octanol–water partition coefficient (Wildman–Crippen LogP) is 3.03. The zero-order valence-electron chi connectivity index (χ0n) is 17.8. The van der Waals surface area contributed by atoms with Crippen molar-refractivity contribution in [3.8, 4) is 0 Å². The SMILES string of the molecule is C[C@H]1C2=C(CC(C)(C)CC2=O)Nc2ccccc2N1CC(=O)NCCc1cnc[nH]1. The van der Waals surface area contributed by atoms with Gasteiger partial charge in [0, 0.05) is 42.5 Å². The van der Waals surface area contributed by atoms with Crippen molar-refractivity contribution in [3.63, 3.8) is 0 Å². The summed E-state index contributed by atoms with van der Waals surface area (Å²) >= 11 is 0. The van der Waals surface area contributed by atoms with Crippen LogP contribution in [0, 0.1) is 5.41 Å². The molecular formula is C23H29N5O2. The van der Waals surface area contributed by atoms with Crippen LogP contribution in [0.5, 0.6) is 0 Å². The zero-order valence-corrected chi connectivity index (χ0v) is 17.8. The van der Waals surface area contributed by atoms with Crippen LogP contribution >= 0.6 is 0 Å². The van der Waals surface area contributed by atoms with Crippen molar-refractivity contribution in [2.45, 2.75) is 46.1 Å². The number of nitrogens with zero attached hydrogens (tertiary/aromatic N) is 2. The van der Waals surface area contributed by atoms with Crippen molar-refractivity contribution in [1.82, 2.24) is 15.3 Å². The fourth-order valence-electron chi connectivity index (χ4n) is 4.48.